The van der Waals surface area contributed by atoms with E-state index in [2.05, 4.69) is 5.32 Å². The van der Waals surface area contributed by atoms with E-state index < -0.39 is 6.04 Å². The molecule has 0 aromatic heterocycles. The average Bonchev–Trinajstić information content (AvgIpc) is 2.78. The number of nitrogens with one attached hydrogen (secondary N) is 1. The minimum Gasteiger partial charge on any atom is -0.352 e. The van der Waals surface area contributed by atoms with Crippen LogP contribution in [0.15, 0.2) is 84.9 Å². The Balaban J connectivity index is 1.94. The molecule has 32 heavy (non-hydrogen) atoms. The summed E-state index contributed by atoms with van der Waals surface area (Å²) < 4.78 is 0. The molecule has 0 unspecified atom stereocenters. The fourth-order valence-electron chi connectivity index (χ4n) is 3.70. The topological polar surface area (TPSA) is 49.4 Å². The van der Waals surface area contributed by atoms with Crippen molar-refractivity contribution in [3.63, 3.8) is 0 Å². The SMILES string of the molecule is Cc1ccc(CN(C(=O)Cc2ccccc2)[C@H](Cc2ccccc2)C(=O)NC(C)C)cc1. The van der Waals surface area contributed by atoms with Crippen molar-refractivity contribution in [3.8, 4) is 0 Å². The highest BCUT2D eigenvalue weighted by molar-refractivity contribution is 5.89. The second kappa shape index (κ2) is 11.3. The molecule has 2 amide bonds. The molecule has 3 aromatic rings. The summed E-state index contributed by atoms with van der Waals surface area (Å²) in [6.45, 7) is 6.30. The Morgan fingerprint density at radius 1 is 0.781 bits per heavy atom. The molecule has 0 saturated carbocycles. The van der Waals surface area contributed by atoms with Crippen molar-refractivity contribution in [2.45, 2.75) is 52.2 Å². The second-order valence-corrected chi connectivity index (χ2v) is 8.54. The van der Waals surface area contributed by atoms with Crippen LogP contribution in [0.4, 0.5) is 0 Å². The molecule has 4 heteroatoms. The van der Waals surface area contributed by atoms with Crippen molar-refractivity contribution < 1.29 is 9.59 Å². The van der Waals surface area contributed by atoms with Crippen LogP contribution in [0.5, 0.6) is 0 Å². The van der Waals surface area contributed by atoms with E-state index in [1.807, 2.05) is 106 Å². The van der Waals surface area contributed by atoms with Crippen LogP contribution in [0.3, 0.4) is 0 Å². The maximum Gasteiger partial charge on any atom is 0.243 e. The number of carbonyl (C=O) groups is 2. The summed E-state index contributed by atoms with van der Waals surface area (Å²) in [5, 5.41) is 3.02. The summed E-state index contributed by atoms with van der Waals surface area (Å²) in [6.07, 6.45) is 0.721. The molecule has 0 saturated heterocycles. The molecular formula is C28H32N2O2. The van der Waals surface area contributed by atoms with E-state index in [9.17, 15) is 9.59 Å². The summed E-state index contributed by atoms with van der Waals surface area (Å²) in [4.78, 5) is 28.6. The molecule has 4 nitrogen and oxygen atoms in total. The molecule has 0 aliphatic rings. The van der Waals surface area contributed by atoms with Crippen molar-refractivity contribution in [1.29, 1.82) is 0 Å². The molecule has 1 atom stereocenters. The lowest BCUT2D eigenvalue weighted by atomic mass is 10.0. The first-order valence-corrected chi connectivity index (χ1v) is 11.2. The summed E-state index contributed by atoms with van der Waals surface area (Å²) in [7, 11) is 0. The molecule has 3 rings (SSSR count). The van der Waals surface area contributed by atoms with Gasteiger partial charge in [-0.3, -0.25) is 9.59 Å². The first kappa shape index (κ1) is 23.3. The van der Waals surface area contributed by atoms with Gasteiger partial charge in [0.15, 0.2) is 0 Å². The quantitative estimate of drug-likeness (QED) is 0.537. The lowest BCUT2D eigenvalue weighted by molar-refractivity contribution is -0.141. The molecule has 0 heterocycles. The summed E-state index contributed by atoms with van der Waals surface area (Å²) in [6, 6.07) is 27.1. The first-order chi connectivity index (χ1) is 15.4. The maximum atomic E-state index is 13.6. The maximum absolute atomic E-state index is 13.6. The number of hydrogen-bond acceptors (Lipinski definition) is 2. The van der Waals surface area contributed by atoms with Gasteiger partial charge in [-0.25, -0.2) is 0 Å². The van der Waals surface area contributed by atoms with Crippen LogP contribution in [0, 0.1) is 6.92 Å². The molecule has 3 aromatic carbocycles. The Morgan fingerprint density at radius 2 is 1.34 bits per heavy atom. The lowest BCUT2D eigenvalue weighted by Crippen LogP contribution is -2.52. The van der Waals surface area contributed by atoms with Crippen LogP contribution < -0.4 is 5.32 Å². The van der Waals surface area contributed by atoms with E-state index in [-0.39, 0.29) is 24.3 Å². The molecule has 0 aliphatic heterocycles. The van der Waals surface area contributed by atoms with E-state index >= 15 is 0 Å². The number of carbonyl (C=O) groups excluding carboxylic acids is 2. The highest BCUT2D eigenvalue weighted by atomic mass is 16.2. The van der Waals surface area contributed by atoms with Gasteiger partial charge in [-0.05, 0) is 37.5 Å². The third kappa shape index (κ3) is 6.81. The number of aryl methyl sites for hydroxylation is 1. The first-order valence-electron chi connectivity index (χ1n) is 11.2. The van der Waals surface area contributed by atoms with Crippen LogP contribution >= 0.6 is 0 Å². The van der Waals surface area contributed by atoms with Crippen molar-refractivity contribution in [1.82, 2.24) is 10.2 Å². The zero-order chi connectivity index (χ0) is 22.9. The Labute approximate surface area is 191 Å². The van der Waals surface area contributed by atoms with Gasteiger partial charge in [0, 0.05) is 19.0 Å². The van der Waals surface area contributed by atoms with Crippen LogP contribution in [-0.4, -0.2) is 28.8 Å². The van der Waals surface area contributed by atoms with Gasteiger partial charge < -0.3 is 10.2 Å². The fourth-order valence-corrected chi connectivity index (χ4v) is 3.70. The molecule has 0 fully saturated rings. The van der Waals surface area contributed by atoms with E-state index in [0.717, 1.165) is 22.3 Å². The van der Waals surface area contributed by atoms with Gasteiger partial charge in [-0.15, -0.1) is 0 Å². The summed E-state index contributed by atoms with van der Waals surface area (Å²) in [5.74, 6) is -0.186. The third-order valence-corrected chi connectivity index (χ3v) is 5.37. The fraction of sp³-hybridized carbons (Fsp3) is 0.286. The average molecular weight is 429 g/mol. The van der Waals surface area contributed by atoms with Gasteiger partial charge in [-0.2, -0.15) is 0 Å². The van der Waals surface area contributed by atoms with Crippen LogP contribution in [-0.2, 0) is 29.0 Å². The standard InChI is InChI=1S/C28H32N2O2/c1-21(2)29-28(32)26(18-23-10-6-4-7-11-23)30(20-25-16-14-22(3)15-17-25)27(31)19-24-12-8-5-9-13-24/h4-17,21,26H,18-20H2,1-3H3,(H,29,32)/t26-/m1/s1. The highest BCUT2D eigenvalue weighted by Gasteiger charge is 2.30. The summed E-state index contributed by atoms with van der Waals surface area (Å²) >= 11 is 0. The van der Waals surface area contributed by atoms with Gasteiger partial charge in [0.05, 0.1) is 6.42 Å². The predicted octanol–water partition coefficient (Wildman–Crippen LogP) is 4.70. The van der Waals surface area contributed by atoms with Gasteiger partial charge in [0.1, 0.15) is 6.04 Å². The van der Waals surface area contributed by atoms with Crippen molar-refractivity contribution in [2.75, 3.05) is 0 Å². The summed E-state index contributed by atoms with van der Waals surface area (Å²) in [5.41, 5.74) is 4.13. The molecule has 0 bridgehead atoms. The van der Waals surface area contributed by atoms with Crippen molar-refractivity contribution in [2.24, 2.45) is 0 Å². The van der Waals surface area contributed by atoms with E-state index in [4.69, 9.17) is 0 Å². The Morgan fingerprint density at radius 3 is 1.91 bits per heavy atom. The third-order valence-electron chi connectivity index (χ3n) is 5.37. The second-order valence-electron chi connectivity index (χ2n) is 8.54. The van der Waals surface area contributed by atoms with E-state index in [0.29, 0.717) is 13.0 Å². The molecule has 0 spiro atoms. The van der Waals surface area contributed by atoms with Crippen molar-refractivity contribution >= 4 is 11.8 Å². The molecular weight excluding hydrogens is 396 g/mol. The smallest absolute Gasteiger partial charge is 0.243 e. The number of benzene rings is 3. The minimum absolute atomic E-state index is 0.00813. The molecule has 1 N–H and O–H groups in total. The van der Waals surface area contributed by atoms with Crippen LogP contribution in [0.1, 0.15) is 36.1 Å². The molecule has 166 valence electrons. The van der Waals surface area contributed by atoms with Gasteiger partial charge >= 0.3 is 0 Å². The predicted molar refractivity (Wildman–Crippen MR) is 129 cm³/mol. The van der Waals surface area contributed by atoms with Gasteiger partial charge in [0.2, 0.25) is 11.8 Å². The monoisotopic (exact) mass is 428 g/mol. The zero-order valence-electron chi connectivity index (χ0n) is 19.1. The molecule has 0 radical (unpaired) electrons. The highest BCUT2D eigenvalue weighted by Crippen LogP contribution is 2.17. The van der Waals surface area contributed by atoms with E-state index in [1.165, 1.54) is 0 Å². The Kier molecular flexibility index (Phi) is 8.20. The minimum atomic E-state index is -0.600. The van der Waals surface area contributed by atoms with Crippen LogP contribution in [0.25, 0.3) is 0 Å². The number of hydrogen-bond donors (Lipinski definition) is 1. The lowest BCUT2D eigenvalue weighted by Gasteiger charge is -2.32. The number of amides is 2. The van der Waals surface area contributed by atoms with Crippen molar-refractivity contribution in [3.05, 3.63) is 107 Å². The van der Waals surface area contributed by atoms with E-state index in [1.54, 1.807) is 4.90 Å². The molecule has 0 aliphatic carbocycles. The number of nitrogens with zero attached hydrogens (tertiary/aromatic N) is 1. The zero-order valence-corrected chi connectivity index (χ0v) is 19.1. The Bertz CT molecular complexity index is 999. The van der Waals surface area contributed by atoms with Gasteiger partial charge in [0.25, 0.3) is 0 Å². The largest absolute Gasteiger partial charge is 0.352 e. The van der Waals surface area contributed by atoms with Crippen LogP contribution in [0.2, 0.25) is 0 Å². The number of rotatable bonds is 9. The van der Waals surface area contributed by atoms with Gasteiger partial charge in [-0.1, -0.05) is 90.5 Å². The normalized spacial score (nSPS) is 11.8. The Hall–Kier alpha value is -3.40.